The van der Waals surface area contributed by atoms with Gasteiger partial charge in [0.1, 0.15) is 0 Å². The molecule has 0 radical (unpaired) electrons. The predicted octanol–water partition coefficient (Wildman–Crippen LogP) is 2.48. The summed E-state index contributed by atoms with van der Waals surface area (Å²) in [6.45, 7) is 8.39. The van der Waals surface area contributed by atoms with Crippen molar-refractivity contribution in [1.82, 2.24) is 19.8 Å². The van der Waals surface area contributed by atoms with Crippen molar-refractivity contribution in [3.8, 4) is 0 Å². The van der Waals surface area contributed by atoms with Crippen LogP contribution in [0.3, 0.4) is 0 Å². The van der Waals surface area contributed by atoms with Crippen LogP contribution < -0.4 is 5.32 Å². The monoisotopic (exact) mass is 323 g/mol. The maximum atomic E-state index is 4.81. The van der Waals surface area contributed by atoms with E-state index in [2.05, 4.69) is 46.1 Å². The van der Waals surface area contributed by atoms with Gasteiger partial charge in [-0.25, -0.2) is 4.98 Å². The number of likely N-dealkylation sites (tertiary alicyclic amines) is 1. The van der Waals surface area contributed by atoms with Gasteiger partial charge in [0.2, 0.25) is 0 Å². The van der Waals surface area contributed by atoms with E-state index in [0.717, 1.165) is 38.6 Å². The predicted molar refractivity (Wildman–Crippen MR) is 95.6 cm³/mol. The molecule has 22 heavy (non-hydrogen) atoms. The van der Waals surface area contributed by atoms with Crippen molar-refractivity contribution in [3.63, 3.8) is 0 Å². The number of piperidine rings is 1. The van der Waals surface area contributed by atoms with E-state index in [1.807, 2.05) is 24.3 Å². The van der Waals surface area contributed by atoms with Gasteiger partial charge >= 0.3 is 0 Å². The largest absolute Gasteiger partial charge is 0.357 e. The standard InChI is InChI=1S/C16H29N5S/c1-4-18-16(19-7-5-11-22-3)20-9-6-14(2)15(12-20)21-10-8-17-13-21/h8,10,13-15H,4-7,9,11-12H2,1-3H3,(H,18,19). The van der Waals surface area contributed by atoms with Crippen molar-refractivity contribution >= 4 is 17.7 Å². The van der Waals surface area contributed by atoms with Crippen molar-refractivity contribution in [3.05, 3.63) is 18.7 Å². The highest BCUT2D eigenvalue weighted by Gasteiger charge is 2.28. The number of rotatable bonds is 6. The Bertz CT molecular complexity index is 445. The lowest BCUT2D eigenvalue weighted by Crippen LogP contribution is -2.49. The molecule has 1 N–H and O–H groups in total. The summed E-state index contributed by atoms with van der Waals surface area (Å²) in [5.74, 6) is 2.92. The molecular formula is C16H29N5S. The summed E-state index contributed by atoms with van der Waals surface area (Å²) < 4.78 is 2.24. The van der Waals surface area contributed by atoms with Gasteiger partial charge in [0.05, 0.1) is 12.4 Å². The van der Waals surface area contributed by atoms with Crippen molar-refractivity contribution in [1.29, 1.82) is 0 Å². The van der Waals surface area contributed by atoms with Crippen LogP contribution in [0, 0.1) is 5.92 Å². The first-order chi connectivity index (χ1) is 10.8. The highest BCUT2D eigenvalue weighted by atomic mass is 32.2. The van der Waals surface area contributed by atoms with E-state index in [1.54, 1.807) is 0 Å². The molecule has 1 fully saturated rings. The Kier molecular flexibility index (Phi) is 7.09. The summed E-state index contributed by atoms with van der Waals surface area (Å²) in [5.41, 5.74) is 0. The molecule has 2 rings (SSSR count). The number of guanidine groups is 1. The fourth-order valence-electron chi connectivity index (χ4n) is 2.91. The SMILES string of the molecule is CCNC(=NCCCSC)N1CCC(C)C(n2ccnc2)C1. The second-order valence-corrected chi connectivity index (χ2v) is 6.86. The molecular weight excluding hydrogens is 294 g/mol. The molecule has 1 aliphatic rings. The normalized spacial score (nSPS) is 22.9. The van der Waals surface area contributed by atoms with Gasteiger partial charge in [-0.05, 0) is 37.7 Å². The van der Waals surface area contributed by atoms with Crippen molar-refractivity contribution in [2.75, 3.05) is 38.2 Å². The zero-order chi connectivity index (χ0) is 15.8. The number of thioether (sulfide) groups is 1. The van der Waals surface area contributed by atoms with Crippen LogP contribution in [0.5, 0.6) is 0 Å². The number of hydrogen-bond acceptors (Lipinski definition) is 3. The Morgan fingerprint density at radius 1 is 1.50 bits per heavy atom. The molecule has 2 unspecified atom stereocenters. The third-order valence-electron chi connectivity index (χ3n) is 4.23. The number of hydrogen-bond donors (Lipinski definition) is 1. The second-order valence-electron chi connectivity index (χ2n) is 5.87. The number of nitrogens with one attached hydrogen (secondary N) is 1. The van der Waals surface area contributed by atoms with E-state index >= 15 is 0 Å². The summed E-state index contributed by atoms with van der Waals surface area (Å²) in [5, 5.41) is 3.45. The van der Waals surface area contributed by atoms with Crippen LogP contribution in [0.25, 0.3) is 0 Å². The minimum Gasteiger partial charge on any atom is -0.357 e. The topological polar surface area (TPSA) is 45.5 Å². The lowest BCUT2D eigenvalue weighted by molar-refractivity contribution is 0.189. The molecule has 1 aliphatic heterocycles. The van der Waals surface area contributed by atoms with Gasteiger partial charge in [0, 0.05) is 38.6 Å². The Labute approximate surface area is 138 Å². The summed E-state index contributed by atoms with van der Waals surface area (Å²) in [6, 6.07) is 0.478. The molecule has 1 saturated heterocycles. The average Bonchev–Trinajstić information content (AvgIpc) is 3.05. The van der Waals surface area contributed by atoms with Crippen LogP contribution in [0.4, 0.5) is 0 Å². The molecule has 1 aromatic rings. The quantitative estimate of drug-likeness (QED) is 0.496. The molecule has 0 spiro atoms. The summed E-state index contributed by atoms with van der Waals surface area (Å²) in [4.78, 5) is 11.4. The lowest BCUT2D eigenvalue weighted by Gasteiger charge is -2.39. The lowest BCUT2D eigenvalue weighted by atomic mass is 9.93. The van der Waals surface area contributed by atoms with Gasteiger partial charge in [0.25, 0.3) is 0 Å². The first kappa shape index (κ1) is 17.2. The van der Waals surface area contributed by atoms with Crippen LogP contribution in [-0.2, 0) is 0 Å². The van der Waals surface area contributed by atoms with Gasteiger partial charge in [-0.15, -0.1) is 0 Å². The fourth-order valence-corrected chi connectivity index (χ4v) is 3.33. The molecule has 6 heteroatoms. The molecule has 0 amide bonds. The van der Waals surface area contributed by atoms with E-state index in [9.17, 15) is 0 Å². The van der Waals surface area contributed by atoms with E-state index in [0.29, 0.717) is 12.0 Å². The van der Waals surface area contributed by atoms with Crippen molar-refractivity contribution in [2.24, 2.45) is 10.9 Å². The first-order valence-corrected chi connectivity index (χ1v) is 9.65. The Morgan fingerprint density at radius 3 is 3.05 bits per heavy atom. The molecule has 0 aromatic carbocycles. The van der Waals surface area contributed by atoms with Crippen LogP contribution >= 0.6 is 11.8 Å². The molecule has 2 heterocycles. The van der Waals surface area contributed by atoms with Crippen molar-refractivity contribution in [2.45, 2.75) is 32.7 Å². The van der Waals surface area contributed by atoms with Crippen LogP contribution in [0.15, 0.2) is 23.7 Å². The van der Waals surface area contributed by atoms with Crippen molar-refractivity contribution < 1.29 is 0 Å². The van der Waals surface area contributed by atoms with Crippen LogP contribution in [0.2, 0.25) is 0 Å². The molecule has 124 valence electrons. The summed E-state index contributed by atoms with van der Waals surface area (Å²) >= 11 is 1.89. The van der Waals surface area contributed by atoms with Gasteiger partial charge in [-0.3, -0.25) is 4.99 Å². The molecule has 0 bridgehead atoms. The summed E-state index contributed by atoms with van der Waals surface area (Å²) in [7, 11) is 0. The Hall–Kier alpha value is -1.17. The minimum absolute atomic E-state index is 0.478. The van der Waals surface area contributed by atoms with Gasteiger partial charge < -0.3 is 14.8 Å². The second kappa shape index (κ2) is 9.08. The fraction of sp³-hybridized carbons (Fsp3) is 0.750. The van der Waals surface area contributed by atoms with E-state index in [-0.39, 0.29) is 0 Å². The molecule has 0 aliphatic carbocycles. The number of imidazole rings is 1. The molecule has 2 atom stereocenters. The number of nitrogens with zero attached hydrogens (tertiary/aromatic N) is 4. The summed E-state index contributed by atoms with van der Waals surface area (Å²) in [6.07, 6.45) is 10.4. The maximum absolute atomic E-state index is 4.81. The van der Waals surface area contributed by atoms with Crippen LogP contribution in [-0.4, -0.2) is 58.6 Å². The van der Waals surface area contributed by atoms with E-state index in [4.69, 9.17) is 4.99 Å². The van der Waals surface area contributed by atoms with Gasteiger partial charge in [0.15, 0.2) is 5.96 Å². The number of aliphatic imine (C=N–C) groups is 1. The highest BCUT2D eigenvalue weighted by Crippen LogP contribution is 2.27. The Balaban J connectivity index is 2.01. The molecule has 5 nitrogen and oxygen atoms in total. The van der Waals surface area contributed by atoms with E-state index < -0.39 is 0 Å². The van der Waals surface area contributed by atoms with Crippen LogP contribution in [0.1, 0.15) is 32.7 Å². The zero-order valence-electron chi connectivity index (χ0n) is 14.0. The van der Waals surface area contributed by atoms with E-state index in [1.165, 1.54) is 12.2 Å². The minimum atomic E-state index is 0.478. The van der Waals surface area contributed by atoms with Gasteiger partial charge in [-0.2, -0.15) is 11.8 Å². The third-order valence-corrected chi connectivity index (χ3v) is 4.93. The smallest absolute Gasteiger partial charge is 0.193 e. The average molecular weight is 324 g/mol. The maximum Gasteiger partial charge on any atom is 0.193 e. The molecule has 0 saturated carbocycles. The molecule has 1 aromatic heterocycles. The zero-order valence-corrected chi connectivity index (χ0v) is 14.9. The number of aromatic nitrogens is 2. The Morgan fingerprint density at radius 2 is 2.36 bits per heavy atom. The first-order valence-electron chi connectivity index (χ1n) is 8.25. The third kappa shape index (κ3) is 4.66. The van der Waals surface area contributed by atoms with Gasteiger partial charge in [-0.1, -0.05) is 6.92 Å². The highest BCUT2D eigenvalue weighted by molar-refractivity contribution is 7.98.